The average Bonchev–Trinajstić information content (AvgIpc) is 2.37. The van der Waals surface area contributed by atoms with Crippen LogP contribution >= 0.6 is 23.5 Å². The summed E-state index contributed by atoms with van der Waals surface area (Å²) in [6.45, 7) is 3.78. The van der Waals surface area contributed by atoms with E-state index in [-0.39, 0.29) is 0 Å². The van der Waals surface area contributed by atoms with E-state index < -0.39 is 0 Å². The number of rotatable bonds is 5. The predicted molar refractivity (Wildman–Crippen MR) is 82.7 cm³/mol. The molecule has 1 aromatic rings. The second-order valence-corrected chi connectivity index (χ2v) is 6.53. The number of thioether (sulfide) groups is 2. The normalized spacial score (nSPS) is 19.5. The van der Waals surface area contributed by atoms with Crippen molar-refractivity contribution in [3.63, 3.8) is 0 Å². The highest BCUT2D eigenvalue weighted by Crippen LogP contribution is 2.24. The van der Waals surface area contributed by atoms with Crippen LogP contribution in [0.2, 0.25) is 0 Å². The van der Waals surface area contributed by atoms with Gasteiger partial charge < -0.3 is 16.4 Å². The number of nitrogens with one attached hydrogen (secondary N) is 2. The molecule has 4 N–H and O–H groups in total. The van der Waals surface area contributed by atoms with Gasteiger partial charge in [-0.1, -0.05) is 0 Å². The molecule has 5 nitrogen and oxygen atoms in total. The number of nitrogens with zero attached hydrogens (tertiary/aromatic N) is 2. The lowest BCUT2D eigenvalue weighted by atomic mass is 10.4. The van der Waals surface area contributed by atoms with Crippen LogP contribution in [0.1, 0.15) is 6.92 Å². The Bertz CT molecular complexity index is 382. The van der Waals surface area contributed by atoms with E-state index in [1.165, 1.54) is 17.3 Å². The van der Waals surface area contributed by atoms with E-state index in [0.29, 0.717) is 11.2 Å². The number of hydrogen-bond donors (Lipinski definition) is 3. The first kappa shape index (κ1) is 13.6. The highest BCUT2D eigenvalue weighted by Gasteiger charge is 2.14. The molecule has 0 radical (unpaired) electrons. The van der Waals surface area contributed by atoms with Gasteiger partial charge in [0.15, 0.2) is 0 Å². The van der Waals surface area contributed by atoms with Crippen molar-refractivity contribution in [1.82, 2.24) is 9.97 Å². The lowest BCUT2D eigenvalue weighted by Gasteiger charge is -2.21. The second-order valence-electron chi connectivity index (χ2n) is 3.98. The van der Waals surface area contributed by atoms with Gasteiger partial charge in [0.2, 0.25) is 5.95 Å². The minimum absolute atomic E-state index is 0.307. The van der Waals surface area contributed by atoms with E-state index in [1.807, 2.05) is 36.5 Å². The largest absolute Gasteiger partial charge is 0.370 e. The number of aromatic nitrogens is 2. The van der Waals surface area contributed by atoms with E-state index in [1.54, 1.807) is 0 Å². The molecule has 0 saturated carbocycles. The Hall–Kier alpha value is -0.820. The van der Waals surface area contributed by atoms with Crippen LogP contribution in [0.5, 0.6) is 0 Å². The highest BCUT2D eigenvalue weighted by molar-refractivity contribution is 8.06. The van der Waals surface area contributed by atoms with Crippen molar-refractivity contribution in [1.29, 1.82) is 0 Å². The van der Waals surface area contributed by atoms with Crippen LogP contribution in [0.3, 0.4) is 0 Å². The summed E-state index contributed by atoms with van der Waals surface area (Å²) < 4.78 is 0. The van der Waals surface area contributed by atoms with Gasteiger partial charge in [0.25, 0.3) is 0 Å². The molecule has 0 aromatic carbocycles. The molecule has 0 amide bonds. The molecule has 1 aromatic heterocycles. The summed E-state index contributed by atoms with van der Waals surface area (Å²) >= 11 is 4.05. The van der Waals surface area contributed by atoms with Crippen molar-refractivity contribution < 1.29 is 0 Å². The lowest BCUT2D eigenvalue weighted by molar-refractivity contribution is 0.988. The maximum Gasteiger partial charge on any atom is 0.223 e. The zero-order valence-corrected chi connectivity index (χ0v) is 12.1. The van der Waals surface area contributed by atoms with Crippen LogP contribution < -0.4 is 16.4 Å². The molecule has 0 bridgehead atoms. The number of hydrogen-bond acceptors (Lipinski definition) is 7. The van der Waals surface area contributed by atoms with Crippen molar-refractivity contribution in [2.45, 2.75) is 12.2 Å². The molecule has 7 heteroatoms. The van der Waals surface area contributed by atoms with Gasteiger partial charge >= 0.3 is 0 Å². The van der Waals surface area contributed by atoms with Gasteiger partial charge in [-0.05, 0) is 6.92 Å². The topological polar surface area (TPSA) is 75.9 Å². The molecular formula is C11H19N5S2. The zero-order chi connectivity index (χ0) is 12.8. The van der Waals surface area contributed by atoms with Crippen molar-refractivity contribution in [3.8, 4) is 0 Å². The molecular weight excluding hydrogens is 266 g/mol. The molecule has 1 saturated heterocycles. The van der Waals surface area contributed by atoms with Crippen LogP contribution in [-0.2, 0) is 0 Å². The van der Waals surface area contributed by atoms with Gasteiger partial charge in [-0.25, -0.2) is 0 Å². The maximum absolute atomic E-state index is 5.69. The molecule has 18 heavy (non-hydrogen) atoms. The van der Waals surface area contributed by atoms with E-state index >= 15 is 0 Å². The summed E-state index contributed by atoms with van der Waals surface area (Å²) in [6.07, 6.45) is 0. The van der Waals surface area contributed by atoms with Crippen LogP contribution in [0.15, 0.2) is 6.07 Å². The standard InChI is InChI=1S/C11H19N5S2/c1-2-13-9-5-10(16-11(12)15-9)14-6-8-7-17-3-4-18-8/h5,8H,2-4,6-7H2,1H3,(H4,12,13,14,15,16). The average molecular weight is 285 g/mol. The van der Waals surface area contributed by atoms with Crippen molar-refractivity contribution >= 4 is 41.1 Å². The smallest absolute Gasteiger partial charge is 0.223 e. The Morgan fingerprint density at radius 2 is 2.11 bits per heavy atom. The Morgan fingerprint density at radius 1 is 1.33 bits per heavy atom. The van der Waals surface area contributed by atoms with E-state index in [0.717, 1.165) is 24.7 Å². The Balaban J connectivity index is 1.91. The molecule has 1 unspecified atom stereocenters. The molecule has 2 heterocycles. The molecule has 0 spiro atoms. The molecule has 100 valence electrons. The fraction of sp³-hybridized carbons (Fsp3) is 0.636. The quantitative estimate of drug-likeness (QED) is 0.761. The predicted octanol–water partition coefficient (Wildman–Crippen LogP) is 1.75. The first-order chi connectivity index (χ1) is 8.78. The van der Waals surface area contributed by atoms with Gasteiger partial charge in [0.1, 0.15) is 11.6 Å². The summed E-state index contributed by atoms with van der Waals surface area (Å²) in [5.41, 5.74) is 5.69. The Labute approximate surface area is 116 Å². The molecule has 1 fully saturated rings. The SMILES string of the molecule is CCNc1cc(NCC2CSCCS2)nc(N)n1. The molecule has 1 aliphatic rings. The van der Waals surface area contributed by atoms with Crippen molar-refractivity contribution in [3.05, 3.63) is 6.07 Å². The third kappa shape index (κ3) is 4.13. The fourth-order valence-corrected chi connectivity index (χ4v) is 4.31. The first-order valence-electron chi connectivity index (χ1n) is 6.09. The number of anilines is 3. The van der Waals surface area contributed by atoms with Gasteiger partial charge in [-0.3, -0.25) is 0 Å². The first-order valence-corrected chi connectivity index (χ1v) is 8.30. The van der Waals surface area contributed by atoms with Crippen LogP contribution in [0, 0.1) is 0 Å². The minimum Gasteiger partial charge on any atom is -0.370 e. The minimum atomic E-state index is 0.307. The van der Waals surface area contributed by atoms with Gasteiger partial charge in [0, 0.05) is 41.7 Å². The molecule has 2 rings (SSSR count). The maximum atomic E-state index is 5.69. The summed E-state index contributed by atoms with van der Waals surface area (Å²) in [4.78, 5) is 8.32. The van der Waals surface area contributed by atoms with Gasteiger partial charge in [-0.2, -0.15) is 33.5 Å². The summed E-state index contributed by atoms with van der Waals surface area (Å²) in [6, 6.07) is 1.90. The Morgan fingerprint density at radius 3 is 2.78 bits per heavy atom. The third-order valence-corrected chi connectivity index (χ3v) is 5.34. The van der Waals surface area contributed by atoms with Crippen molar-refractivity contribution in [2.24, 2.45) is 0 Å². The molecule has 1 atom stereocenters. The number of nitrogen functional groups attached to an aromatic ring is 1. The summed E-state index contributed by atoms with van der Waals surface area (Å²) in [7, 11) is 0. The monoisotopic (exact) mass is 285 g/mol. The van der Waals surface area contributed by atoms with E-state index in [2.05, 4.69) is 20.6 Å². The van der Waals surface area contributed by atoms with Gasteiger partial charge in [0.05, 0.1) is 0 Å². The number of nitrogens with two attached hydrogens (primary N) is 1. The third-order valence-electron chi connectivity index (χ3n) is 2.50. The van der Waals surface area contributed by atoms with Crippen LogP contribution in [0.25, 0.3) is 0 Å². The van der Waals surface area contributed by atoms with E-state index in [4.69, 9.17) is 5.73 Å². The van der Waals surface area contributed by atoms with Crippen molar-refractivity contribution in [2.75, 3.05) is 46.7 Å². The molecule has 1 aliphatic heterocycles. The highest BCUT2D eigenvalue weighted by atomic mass is 32.2. The fourth-order valence-electron chi connectivity index (χ4n) is 1.70. The summed E-state index contributed by atoms with van der Waals surface area (Å²) in [5.74, 6) is 5.60. The van der Waals surface area contributed by atoms with Gasteiger partial charge in [-0.15, -0.1) is 0 Å². The van der Waals surface area contributed by atoms with Crippen LogP contribution in [0.4, 0.5) is 17.6 Å². The zero-order valence-electron chi connectivity index (χ0n) is 10.5. The summed E-state index contributed by atoms with van der Waals surface area (Å²) in [5, 5.41) is 7.15. The second kappa shape index (κ2) is 6.94. The Kier molecular flexibility index (Phi) is 5.25. The molecule has 0 aliphatic carbocycles. The van der Waals surface area contributed by atoms with E-state index in [9.17, 15) is 0 Å². The lowest BCUT2D eigenvalue weighted by Crippen LogP contribution is -2.23. The van der Waals surface area contributed by atoms with Crippen LogP contribution in [-0.4, -0.2) is 45.6 Å².